The lowest BCUT2D eigenvalue weighted by molar-refractivity contribution is -0.166. The van der Waals surface area contributed by atoms with E-state index in [2.05, 4.69) is 0 Å². The second kappa shape index (κ2) is 6.03. The smallest absolute Gasteiger partial charge is 0.238 e. The van der Waals surface area contributed by atoms with Gasteiger partial charge in [0, 0.05) is 0 Å². The van der Waals surface area contributed by atoms with Gasteiger partial charge < -0.3 is 0 Å². The van der Waals surface area contributed by atoms with Crippen LogP contribution in [0, 0.1) is 47.3 Å². The molecule has 2 saturated heterocycles. The average Bonchev–Trinajstić information content (AvgIpc) is 3.19. The Labute approximate surface area is 184 Å². The molecule has 2 heterocycles. The summed E-state index contributed by atoms with van der Waals surface area (Å²) < 4.78 is 0. The third-order valence-electron chi connectivity index (χ3n) is 8.37. The number of fused-ring (bicyclic) bond motifs is 1. The van der Waals surface area contributed by atoms with Gasteiger partial charge in [-0.15, -0.1) is 0 Å². The molecule has 158 valence electrons. The van der Waals surface area contributed by atoms with Crippen molar-refractivity contribution < 1.29 is 19.2 Å². The molecule has 2 bridgehead atoms. The Hall–Kier alpha value is -3.54. The number of hydrogen-bond donors (Lipinski definition) is 0. The molecule has 0 aromatic heterocycles. The SMILES string of the molecule is O=C1[C@@H]2[C@H]3C=C[C@@H]([C@@H]2C(=O)N1c1ccccc1)[C@@H]1[C@@H]2C(=O)N(c4ccccc4)C(=O)[C@@H]2[C@H]31. The first-order valence-electron chi connectivity index (χ1n) is 11.1. The van der Waals surface area contributed by atoms with Crippen molar-refractivity contribution in [2.75, 3.05) is 9.80 Å². The molecule has 0 N–H and O–H groups in total. The molecule has 32 heavy (non-hydrogen) atoms. The van der Waals surface area contributed by atoms with Gasteiger partial charge in [0.25, 0.3) is 0 Å². The Morgan fingerprint density at radius 2 is 0.812 bits per heavy atom. The summed E-state index contributed by atoms with van der Waals surface area (Å²) in [5, 5.41) is 0. The fourth-order valence-electron chi connectivity index (χ4n) is 7.26. The highest BCUT2D eigenvalue weighted by Crippen LogP contribution is 2.68. The molecular weight excluding hydrogens is 404 g/mol. The monoisotopic (exact) mass is 424 g/mol. The lowest BCUT2D eigenvalue weighted by Crippen LogP contribution is -2.63. The van der Waals surface area contributed by atoms with E-state index >= 15 is 0 Å². The van der Waals surface area contributed by atoms with Gasteiger partial charge in [0.2, 0.25) is 23.6 Å². The number of carbonyl (C=O) groups excluding carboxylic acids is 4. The number of carbonyl (C=O) groups is 4. The maximum Gasteiger partial charge on any atom is 0.238 e. The highest BCUT2D eigenvalue weighted by atomic mass is 16.2. The van der Waals surface area contributed by atoms with Crippen LogP contribution >= 0.6 is 0 Å². The third kappa shape index (κ3) is 1.96. The van der Waals surface area contributed by atoms with E-state index in [1.54, 1.807) is 24.3 Å². The summed E-state index contributed by atoms with van der Waals surface area (Å²) in [6.45, 7) is 0. The topological polar surface area (TPSA) is 74.8 Å². The second-order valence-electron chi connectivity index (χ2n) is 9.49. The predicted octanol–water partition coefficient (Wildman–Crippen LogP) is 2.66. The van der Waals surface area contributed by atoms with Crippen LogP contribution in [0.15, 0.2) is 72.8 Å². The summed E-state index contributed by atoms with van der Waals surface area (Å²) in [7, 11) is 0. The van der Waals surface area contributed by atoms with Crippen LogP contribution in [0.2, 0.25) is 0 Å². The van der Waals surface area contributed by atoms with Gasteiger partial charge >= 0.3 is 0 Å². The Kier molecular flexibility index (Phi) is 3.41. The number of hydrogen-bond acceptors (Lipinski definition) is 4. The minimum absolute atomic E-state index is 0.0612. The van der Waals surface area contributed by atoms with Crippen molar-refractivity contribution in [3.8, 4) is 0 Å². The van der Waals surface area contributed by atoms with Gasteiger partial charge in [0.1, 0.15) is 0 Å². The van der Waals surface area contributed by atoms with Crippen molar-refractivity contribution in [1.29, 1.82) is 0 Å². The number of rotatable bonds is 2. The quantitative estimate of drug-likeness (QED) is 0.549. The number of para-hydroxylation sites is 2. The van der Waals surface area contributed by atoms with Gasteiger partial charge in [-0.2, -0.15) is 0 Å². The van der Waals surface area contributed by atoms with Gasteiger partial charge in [-0.05, 0) is 47.9 Å². The number of allylic oxidation sites excluding steroid dienone is 2. The molecule has 4 fully saturated rings. The van der Waals surface area contributed by atoms with Crippen LogP contribution in [-0.4, -0.2) is 23.6 Å². The standard InChI is InChI=1S/C26H20N2O4/c29-23-19-15-11-12-16(20(19)24(30)27(23)13-7-3-1-4-8-13)18-17(15)21-22(18)26(32)28(25(21)31)14-9-5-2-6-10-14/h1-12,15-22H/t15-,16+,17+,18-,19+,20-,21+,22-. The summed E-state index contributed by atoms with van der Waals surface area (Å²) in [6, 6.07) is 18.1. The Balaban J connectivity index is 1.27. The fraction of sp³-hybridized carbons (Fsp3) is 0.308. The van der Waals surface area contributed by atoms with Crippen LogP contribution in [-0.2, 0) is 19.2 Å². The van der Waals surface area contributed by atoms with Crippen LogP contribution < -0.4 is 9.80 Å². The van der Waals surface area contributed by atoms with Crippen LogP contribution in [0.3, 0.4) is 0 Å². The van der Waals surface area contributed by atoms with E-state index in [1.807, 2.05) is 48.6 Å². The molecule has 0 unspecified atom stereocenters. The zero-order valence-electron chi connectivity index (χ0n) is 17.1. The van der Waals surface area contributed by atoms with Crippen molar-refractivity contribution >= 4 is 35.0 Å². The Morgan fingerprint density at radius 1 is 0.469 bits per heavy atom. The maximum absolute atomic E-state index is 13.4. The van der Waals surface area contributed by atoms with Crippen molar-refractivity contribution in [3.05, 3.63) is 72.8 Å². The van der Waals surface area contributed by atoms with Crippen LogP contribution in [0.4, 0.5) is 11.4 Å². The van der Waals surface area contributed by atoms with Crippen LogP contribution in [0.5, 0.6) is 0 Å². The Morgan fingerprint density at radius 3 is 1.19 bits per heavy atom. The summed E-state index contributed by atoms with van der Waals surface area (Å²) in [5.74, 6) is -2.89. The minimum Gasteiger partial charge on any atom is -0.274 e. The van der Waals surface area contributed by atoms with E-state index in [9.17, 15) is 19.2 Å². The van der Waals surface area contributed by atoms with Gasteiger partial charge in [-0.1, -0.05) is 48.6 Å². The van der Waals surface area contributed by atoms with Crippen molar-refractivity contribution in [3.63, 3.8) is 0 Å². The zero-order chi connectivity index (χ0) is 21.7. The number of imide groups is 2. The largest absolute Gasteiger partial charge is 0.274 e. The molecule has 8 rings (SSSR count). The first-order valence-corrected chi connectivity index (χ1v) is 11.1. The summed E-state index contributed by atoms with van der Waals surface area (Å²) in [4.78, 5) is 56.2. The molecule has 6 aliphatic rings. The molecule has 4 aliphatic carbocycles. The van der Waals surface area contributed by atoms with Crippen LogP contribution in [0.25, 0.3) is 0 Å². The van der Waals surface area contributed by atoms with Crippen molar-refractivity contribution in [2.45, 2.75) is 0 Å². The van der Waals surface area contributed by atoms with Crippen molar-refractivity contribution in [2.24, 2.45) is 47.3 Å². The highest BCUT2D eigenvalue weighted by Gasteiger charge is 2.75. The molecule has 6 heteroatoms. The molecule has 6 nitrogen and oxygen atoms in total. The van der Waals surface area contributed by atoms with Gasteiger partial charge in [-0.3, -0.25) is 29.0 Å². The number of nitrogens with zero attached hydrogens (tertiary/aromatic N) is 2. The molecule has 2 aromatic rings. The minimum atomic E-state index is -0.450. The maximum atomic E-state index is 13.4. The summed E-state index contributed by atoms with van der Waals surface area (Å²) in [5.41, 5.74) is 1.18. The summed E-state index contributed by atoms with van der Waals surface area (Å²) in [6.07, 6.45) is 4.07. The molecule has 0 spiro atoms. The lowest BCUT2D eigenvalue weighted by Gasteiger charge is -2.60. The van der Waals surface area contributed by atoms with Gasteiger partial charge in [0.05, 0.1) is 35.0 Å². The van der Waals surface area contributed by atoms with Crippen molar-refractivity contribution in [1.82, 2.24) is 0 Å². The van der Waals surface area contributed by atoms with Gasteiger partial charge in [-0.25, -0.2) is 0 Å². The zero-order valence-corrected chi connectivity index (χ0v) is 17.1. The lowest BCUT2D eigenvalue weighted by atomic mass is 9.40. The van der Waals surface area contributed by atoms with E-state index in [1.165, 1.54) is 9.80 Å². The second-order valence-corrected chi connectivity index (χ2v) is 9.49. The normalized spacial score (nSPS) is 38.6. The number of amides is 4. The van der Waals surface area contributed by atoms with E-state index in [-0.39, 0.29) is 47.3 Å². The van der Waals surface area contributed by atoms with E-state index in [4.69, 9.17) is 0 Å². The third-order valence-corrected chi connectivity index (χ3v) is 8.37. The van der Waals surface area contributed by atoms with Crippen LogP contribution in [0.1, 0.15) is 0 Å². The molecule has 4 amide bonds. The molecule has 8 atom stereocenters. The number of benzene rings is 2. The fourth-order valence-corrected chi connectivity index (χ4v) is 7.26. The van der Waals surface area contributed by atoms with E-state index < -0.39 is 23.7 Å². The average molecular weight is 424 g/mol. The molecule has 2 aromatic carbocycles. The first kappa shape index (κ1) is 18.1. The first-order chi connectivity index (χ1) is 15.6. The molecule has 2 saturated carbocycles. The molecule has 0 radical (unpaired) electrons. The highest BCUT2D eigenvalue weighted by molar-refractivity contribution is 6.25. The van der Waals surface area contributed by atoms with E-state index in [0.717, 1.165) is 0 Å². The molecular formula is C26H20N2O4. The Bertz CT molecular complexity index is 1170. The predicted molar refractivity (Wildman–Crippen MR) is 115 cm³/mol. The summed E-state index contributed by atoms with van der Waals surface area (Å²) >= 11 is 0. The molecule has 2 aliphatic heterocycles. The van der Waals surface area contributed by atoms with E-state index in [0.29, 0.717) is 11.4 Å². The number of anilines is 2. The van der Waals surface area contributed by atoms with Gasteiger partial charge in [0.15, 0.2) is 0 Å².